The highest BCUT2D eigenvalue weighted by Crippen LogP contribution is 2.48. The van der Waals surface area contributed by atoms with E-state index in [9.17, 15) is 22.8 Å². The van der Waals surface area contributed by atoms with Gasteiger partial charge in [-0.3, -0.25) is 4.79 Å². The van der Waals surface area contributed by atoms with Gasteiger partial charge in [0.25, 0.3) is 0 Å². The van der Waals surface area contributed by atoms with Crippen molar-refractivity contribution in [3.8, 4) is 0 Å². The Morgan fingerprint density at radius 1 is 1.40 bits per heavy atom. The predicted molar refractivity (Wildman–Crippen MR) is 66.6 cm³/mol. The van der Waals surface area contributed by atoms with Gasteiger partial charge in [-0.05, 0) is 19.1 Å². The van der Waals surface area contributed by atoms with Crippen LogP contribution in [0.4, 0.5) is 23.7 Å². The molecular formula is C12H10ClF3N2O2. The van der Waals surface area contributed by atoms with Crippen molar-refractivity contribution in [1.29, 1.82) is 0 Å². The van der Waals surface area contributed by atoms with Gasteiger partial charge in [-0.15, -0.1) is 0 Å². The molecule has 1 unspecified atom stereocenters. The van der Waals surface area contributed by atoms with E-state index in [-0.39, 0.29) is 16.3 Å². The van der Waals surface area contributed by atoms with Gasteiger partial charge in [0.1, 0.15) is 5.78 Å². The van der Waals surface area contributed by atoms with E-state index >= 15 is 0 Å². The van der Waals surface area contributed by atoms with Crippen molar-refractivity contribution in [1.82, 2.24) is 5.32 Å². The van der Waals surface area contributed by atoms with Crippen molar-refractivity contribution < 1.29 is 22.8 Å². The van der Waals surface area contributed by atoms with Crippen molar-refractivity contribution in [3.63, 3.8) is 0 Å². The molecule has 1 atom stereocenters. The number of amides is 2. The van der Waals surface area contributed by atoms with Crippen LogP contribution < -0.4 is 10.6 Å². The van der Waals surface area contributed by atoms with E-state index in [2.05, 4.69) is 5.32 Å². The van der Waals surface area contributed by atoms with Crippen molar-refractivity contribution >= 4 is 29.1 Å². The molecule has 1 aromatic carbocycles. The Bertz CT molecular complexity index is 589. The Labute approximate surface area is 117 Å². The second-order valence-corrected chi connectivity index (χ2v) is 4.93. The van der Waals surface area contributed by atoms with Crippen molar-refractivity contribution in [3.05, 3.63) is 28.8 Å². The molecule has 0 spiro atoms. The van der Waals surface area contributed by atoms with Crippen molar-refractivity contribution in [2.24, 2.45) is 0 Å². The van der Waals surface area contributed by atoms with Gasteiger partial charge in [-0.25, -0.2) is 4.79 Å². The number of anilines is 1. The van der Waals surface area contributed by atoms with E-state index in [0.29, 0.717) is 0 Å². The molecule has 0 aliphatic carbocycles. The molecule has 0 aromatic heterocycles. The number of nitrogens with one attached hydrogen (secondary N) is 2. The third kappa shape index (κ3) is 2.22. The minimum atomic E-state index is -4.86. The number of Topliss-reactive ketones (excluding diaryl/α,β-unsaturated/α-hetero) is 1. The van der Waals surface area contributed by atoms with Crippen LogP contribution in [0.3, 0.4) is 0 Å². The molecule has 0 saturated carbocycles. The zero-order chi connectivity index (χ0) is 15.1. The maximum atomic E-state index is 13.5. The van der Waals surface area contributed by atoms with Crippen molar-refractivity contribution in [2.75, 3.05) is 5.32 Å². The van der Waals surface area contributed by atoms with Crippen LogP contribution in [0.2, 0.25) is 5.02 Å². The maximum Gasteiger partial charge on any atom is 0.416 e. The standard InChI is InChI=1S/C12H10ClF3N2O2/c1-6(19)5-11(12(14,15)16)9-7(13)3-2-4-8(9)17-10(20)18-11/h2-4H,5H2,1H3,(H2,17,18,20). The van der Waals surface area contributed by atoms with Gasteiger partial charge in [0.15, 0.2) is 5.54 Å². The van der Waals surface area contributed by atoms with Gasteiger partial charge in [-0.1, -0.05) is 17.7 Å². The van der Waals surface area contributed by atoms with Gasteiger partial charge in [0, 0.05) is 22.7 Å². The quantitative estimate of drug-likeness (QED) is 0.881. The lowest BCUT2D eigenvalue weighted by Crippen LogP contribution is -2.60. The molecule has 0 radical (unpaired) electrons. The van der Waals surface area contributed by atoms with E-state index in [4.69, 9.17) is 11.6 Å². The molecule has 2 rings (SSSR count). The number of carbonyl (C=O) groups is 2. The van der Waals surface area contributed by atoms with Crippen LogP contribution in [-0.2, 0) is 10.3 Å². The fourth-order valence-corrected chi connectivity index (χ4v) is 2.63. The summed E-state index contributed by atoms with van der Waals surface area (Å²) < 4.78 is 40.6. The Kier molecular flexibility index (Phi) is 3.41. The second kappa shape index (κ2) is 4.66. The summed E-state index contributed by atoms with van der Waals surface area (Å²) in [6.07, 6.45) is -5.78. The van der Waals surface area contributed by atoms with Gasteiger partial charge in [0.2, 0.25) is 0 Å². The average Bonchev–Trinajstić information content (AvgIpc) is 2.25. The minimum Gasteiger partial charge on any atom is -0.319 e. The molecule has 1 heterocycles. The molecule has 1 aliphatic heterocycles. The second-order valence-electron chi connectivity index (χ2n) is 4.52. The van der Waals surface area contributed by atoms with E-state index < -0.39 is 30.0 Å². The highest BCUT2D eigenvalue weighted by Gasteiger charge is 2.60. The topological polar surface area (TPSA) is 58.2 Å². The monoisotopic (exact) mass is 306 g/mol. The number of halogens is 4. The number of carbonyl (C=O) groups excluding carboxylic acids is 2. The van der Waals surface area contributed by atoms with Gasteiger partial charge in [-0.2, -0.15) is 13.2 Å². The first-order chi connectivity index (χ1) is 9.17. The lowest BCUT2D eigenvalue weighted by molar-refractivity contribution is -0.200. The highest BCUT2D eigenvalue weighted by atomic mass is 35.5. The van der Waals surface area contributed by atoms with Crippen LogP contribution in [0.5, 0.6) is 0 Å². The highest BCUT2D eigenvalue weighted by molar-refractivity contribution is 6.32. The number of rotatable bonds is 2. The van der Waals surface area contributed by atoms with Crippen molar-refractivity contribution in [2.45, 2.75) is 25.1 Å². The first kappa shape index (κ1) is 14.6. The molecule has 0 bridgehead atoms. The fraction of sp³-hybridized carbons (Fsp3) is 0.333. The number of urea groups is 1. The van der Waals surface area contributed by atoms with Crippen LogP contribution in [-0.4, -0.2) is 18.0 Å². The Balaban J connectivity index is 2.75. The van der Waals surface area contributed by atoms with Crippen LogP contribution in [0, 0.1) is 0 Å². The summed E-state index contributed by atoms with van der Waals surface area (Å²) in [5.74, 6) is -0.713. The summed E-state index contributed by atoms with van der Waals surface area (Å²) in [6, 6.07) is 2.97. The van der Waals surface area contributed by atoms with Gasteiger partial charge in [0.05, 0.1) is 0 Å². The third-order valence-corrected chi connectivity index (χ3v) is 3.33. The summed E-state index contributed by atoms with van der Waals surface area (Å²) in [5.41, 5.74) is -3.21. The van der Waals surface area contributed by atoms with E-state index in [1.165, 1.54) is 18.2 Å². The SMILES string of the molecule is CC(=O)CC1(C(F)(F)F)NC(=O)Nc2cccc(Cl)c21. The first-order valence-electron chi connectivity index (χ1n) is 5.62. The van der Waals surface area contributed by atoms with E-state index in [1.54, 1.807) is 0 Å². The first-order valence-corrected chi connectivity index (χ1v) is 5.99. The third-order valence-electron chi connectivity index (χ3n) is 3.01. The lowest BCUT2D eigenvalue weighted by atomic mass is 9.82. The lowest BCUT2D eigenvalue weighted by Gasteiger charge is -2.41. The van der Waals surface area contributed by atoms with Gasteiger partial charge >= 0.3 is 12.2 Å². The van der Waals surface area contributed by atoms with E-state index in [1.807, 2.05) is 5.32 Å². The molecule has 1 aliphatic rings. The van der Waals surface area contributed by atoms with Gasteiger partial charge < -0.3 is 10.6 Å². The zero-order valence-corrected chi connectivity index (χ0v) is 11.0. The van der Waals surface area contributed by atoms with E-state index in [0.717, 1.165) is 6.92 Å². The largest absolute Gasteiger partial charge is 0.416 e. The van der Waals surface area contributed by atoms with Crippen LogP contribution in [0.15, 0.2) is 18.2 Å². The number of fused-ring (bicyclic) bond motifs is 1. The minimum absolute atomic E-state index is 0.0557. The summed E-state index contributed by atoms with van der Waals surface area (Å²) in [5, 5.41) is 3.90. The van der Waals surface area contributed by atoms with Crippen LogP contribution in [0.25, 0.3) is 0 Å². The Hall–Kier alpha value is -1.76. The molecule has 0 fully saturated rings. The molecule has 2 N–H and O–H groups in total. The summed E-state index contributed by atoms with van der Waals surface area (Å²) in [4.78, 5) is 22.8. The average molecular weight is 307 g/mol. The smallest absolute Gasteiger partial charge is 0.319 e. The number of hydrogen-bond acceptors (Lipinski definition) is 2. The molecule has 8 heteroatoms. The molecule has 108 valence electrons. The summed E-state index contributed by atoms with van der Waals surface area (Å²) >= 11 is 5.86. The normalized spacial score (nSPS) is 21.8. The van der Waals surface area contributed by atoms with Crippen LogP contribution >= 0.6 is 11.6 Å². The molecule has 4 nitrogen and oxygen atoms in total. The Morgan fingerprint density at radius 2 is 2.05 bits per heavy atom. The number of ketones is 1. The molecule has 0 saturated heterocycles. The molecule has 2 amide bonds. The maximum absolute atomic E-state index is 13.5. The zero-order valence-electron chi connectivity index (χ0n) is 10.3. The molecular weight excluding hydrogens is 297 g/mol. The summed E-state index contributed by atoms with van der Waals surface area (Å²) in [6.45, 7) is 1.03. The number of alkyl halides is 3. The molecule has 20 heavy (non-hydrogen) atoms. The number of hydrogen-bond donors (Lipinski definition) is 2. The summed E-state index contributed by atoms with van der Waals surface area (Å²) in [7, 11) is 0. The van der Waals surface area contributed by atoms with Crippen LogP contribution in [0.1, 0.15) is 18.9 Å². The predicted octanol–water partition coefficient (Wildman–Crippen LogP) is 3.21. The Morgan fingerprint density at radius 3 is 2.60 bits per heavy atom. The molecule has 1 aromatic rings. The fourth-order valence-electron chi connectivity index (χ4n) is 2.29. The number of benzene rings is 1.